The minimum absolute atomic E-state index is 0.115. The molecule has 0 radical (unpaired) electrons. The number of rotatable bonds is 3. The molecule has 1 aromatic carbocycles. The Kier molecular flexibility index (Phi) is 3.80. The van der Waals surface area contributed by atoms with Gasteiger partial charge in [0.25, 0.3) is 0 Å². The molecule has 0 spiro atoms. The van der Waals surface area contributed by atoms with E-state index < -0.39 is 17.4 Å². The van der Waals surface area contributed by atoms with Crippen LogP contribution in [0.3, 0.4) is 0 Å². The third kappa shape index (κ3) is 2.41. The normalized spacial score (nSPS) is 25.2. The number of nitrogens with one attached hydrogen (secondary N) is 1. The Labute approximate surface area is 152 Å². The maximum absolute atomic E-state index is 13.1. The van der Waals surface area contributed by atoms with Gasteiger partial charge in [-0.2, -0.15) is 0 Å². The topological polar surface area (TPSA) is 90.0 Å². The molecule has 1 atom stereocenters. The molecule has 2 saturated heterocycles. The van der Waals surface area contributed by atoms with Crippen molar-refractivity contribution in [3.63, 3.8) is 0 Å². The van der Waals surface area contributed by atoms with Crippen molar-refractivity contribution in [3.8, 4) is 0 Å². The largest absolute Gasteiger partial charge is 0.396 e. The summed E-state index contributed by atoms with van der Waals surface area (Å²) in [5, 5.41) is 11.5. The highest BCUT2D eigenvalue weighted by Crippen LogP contribution is 2.45. The van der Waals surface area contributed by atoms with Gasteiger partial charge in [-0.25, -0.2) is 0 Å². The zero-order valence-electron chi connectivity index (χ0n) is 15.0. The molecule has 4 rings (SSSR count). The number of anilines is 2. The van der Waals surface area contributed by atoms with Gasteiger partial charge >= 0.3 is 0 Å². The second kappa shape index (κ2) is 5.81. The predicted molar refractivity (Wildman–Crippen MR) is 95.9 cm³/mol. The van der Waals surface area contributed by atoms with E-state index in [0.29, 0.717) is 12.3 Å². The Bertz CT molecular complexity index is 798. The maximum atomic E-state index is 13.1. The van der Waals surface area contributed by atoms with Gasteiger partial charge in [0.05, 0.1) is 5.41 Å². The molecule has 0 aromatic heterocycles. The number of hydrogen-bond acceptors (Lipinski definition) is 5. The first-order valence-corrected chi connectivity index (χ1v) is 9.00. The van der Waals surface area contributed by atoms with Gasteiger partial charge in [-0.05, 0) is 44.0 Å². The smallest absolute Gasteiger partial charge is 0.249 e. The lowest BCUT2D eigenvalue weighted by Gasteiger charge is -2.40. The fourth-order valence-corrected chi connectivity index (χ4v) is 4.09. The molecule has 3 aliphatic heterocycles. The van der Waals surface area contributed by atoms with E-state index in [9.17, 15) is 19.5 Å². The fourth-order valence-electron chi connectivity index (χ4n) is 4.09. The second-order valence-corrected chi connectivity index (χ2v) is 7.92. The number of piperidine rings is 1. The highest BCUT2D eigenvalue weighted by Gasteiger charge is 2.49. The molecule has 0 aliphatic carbocycles. The van der Waals surface area contributed by atoms with Gasteiger partial charge in [-0.3, -0.25) is 24.6 Å². The number of carbonyl (C=O) groups excluding carboxylic acids is 3. The van der Waals surface area contributed by atoms with Crippen LogP contribution in [0.4, 0.5) is 11.4 Å². The molecular formula is C19H23N3O4. The average molecular weight is 357 g/mol. The van der Waals surface area contributed by atoms with E-state index in [1.54, 1.807) is 4.90 Å². The van der Waals surface area contributed by atoms with E-state index in [4.69, 9.17) is 0 Å². The minimum Gasteiger partial charge on any atom is -0.396 e. The fraction of sp³-hybridized carbons (Fsp3) is 0.526. The quantitative estimate of drug-likeness (QED) is 0.771. The molecule has 1 unspecified atom stereocenters. The van der Waals surface area contributed by atoms with E-state index in [-0.39, 0.29) is 24.8 Å². The zero-order valence-corrected chi connectivity index (χ0v) is 15.0. The van der Waals surface area contributed by atoms with Crippen LogP contribution in [0.2, 0.25) is 0 Å². The van der Waals surface area contributed by atoms with Crippen molar-refractivity contribution in [1.29, 1.82) is 0 Å². The molecule has 2 N–H and O–H groups in total. The van der Waals surface area contributed by atoms with Gasteiger partial charge in [0.15, 0.2) is 0 Å². The molecule has 26 heavy (non-hydrogen) atoms. The molecule has 3 aliphatic rings. The summed E-state index contributed by atoms with van der Waals surface area (Å²) in [4.78, 5) is 40.6. The summed E-state index contributed by atoms with van der Waals surface area (Å²) >= 11 is 0. The average Bonchev–Trinajstić information content (AvgIpc) is 2.74. The van der Waals surface area contributed by atoms with Crippen LogP contribution in [0, 0.1) is 5.92 Å². The van der Waals surface area contributed by atoms with Crippen LogP contribution >= 0.6 is 0 Å². The number of nitrogens with zero attached hydrogens (tertiary/aromatic N) is 2. The minimum atomic E-state index is -0.728. The highest BCUT2D eigenvalue weighted by atomic mass is 16.3. The summed E-state index contributed by atoms with van der Waals surface area (Å²) in [6.07, 6.45) is 0.586. The van der Waals surface area contributed by atoms with Crippen LogP contribution in [-0.4, -0.2) is 48.6 Å². The van der Waals surface area contributed by atoms with Crippen LogP contribution < -0.4 is 15.1 Å². The van der Waals surface area contributed by atoms with Gasteiger partial charge in [0.1, 0.15) is 6.04 Å². The van der Waals surface area contributed by atoms with Crippen molar-refractivity contribution in [2.75, 3.05) is 29.5 Å². The zero-order chi connectivity index (χ0) is 18.6. The summed E-state index contributed by atoms with van der Waals surface area (Å²) in [6, 6.07) is 5.23. The number of amides is 3. The van der Waals surface area contributed by atoms with Crippen molar-refractivity contribution in [2.45, 2.75) is 38.1 Å². The van der Waals surface area contributed by atoms with Gasteiger partial charge in [0.2, 0.25) is 17.7 Å². The summed E-state index contributed by atoms with van der Waals surface area (Å²) in [6.45, 7) is 5.54. The van der Waals surface area contributed by atoms with Crippen molar-refractivity contribution in [1.82, 2.24) is 5.32 Å². The van der Waals surface area contributed by atoms with Gasteiger partial charge in [-0.1, -0.05) is 0 Å². The van der Waals surface area contributed by atoms with Gasteiger partial charge in [-0.15, -0.1) is 0 Å². The summed E-state index contributed by atoms with van der Waals surface area (Å²) in [5.41, 5.74) is 1.95. The summed E-state index contributed by atoms with van der Waals surface area (Å²) < 4.78 is 0. The second-order valence-electron chi connectivity index (χ2n) is 7.92. The van der Waals surface area contributed by atoms with Crippen molar-refractivity contribution >= 4 is 29.1 Å². The Balaban J connectivity index is 1.67. The Morgan fingerprint density at radius 2 is 1.96 bits per heavy atom. The molecule has 0 saturated carbocycles. The lowest BCUT2D eigenvalue weighted by Crippen LogP contribution is -2.55. The van der Waals surface area contributed by atoms with Crippen LogP contribution in [0.15, 0.2) is 18.2 Å². The number of fused-ring (bicyclic) bond motifs is 1. The van der Waals surface area contributed by atoms with E-state index in [1.165, 1.54) is 0 Å². The van der Waals surface area contributed by atoms with Gasteiger partial charge < -0.3 is 10.0 Å². The number of hydrogen-bond donors (Lipinski definition) is 2. The lowest BCUT2D eigenvalue weighted by atomic mass is 9.85. The molecular weight excluding hydrogens is 334 g/mol. The SMILES string of the molecule is CC1(C)C(=O)N(C2CCC(=O)NC2=O)c2ccc(N3CC(CO)C3)cc21. The monoisotopic (exact) mass is 357 g/mol. The van der Waals surface area contributed by atoms with Crippen molar-refractivity contribution < 1.29 is 19.5 Å². The van der Waals surface area contributed by atoms with Crippen molar-refractivity contribution in [3.05, 3.63) is 23.8 Å². The highest BCUT2D eigenvalue weighted by molar-refractivity contribution is 6.13. The van der Waals surface area contributed by atoms with Crippen LogP contribution in [0.5, 0.6) is 0 Å². The Hall–Kier alpha value is -2.41. The molecule has 7 heteroatoms. The molecule has 2 fully saturated rings. The Morgan fingerprint density at radius 3 is 2.62 bits per heavy atom. The molecule has 3 amide bonds. The first-order valence-electron chi connectivity index (χ1n) is 9.00. The molecule has 138 valence electrons. The standard InChI is InChI=1S/C19H23N3O4/c1-19(2)13-7-12(21-8-11(9-21)10-23)3-4-14(13)22(18(19)26)15-5-6-16(24)20-17(15)25/h3-4,7,11,15,23H,5-6,8-10H2,1-2H3,(H,20,24,25). The van der Waals surface area contributed by atoms with E-state index >= 15 is 0 Å². The first-order chi connectivity index (χ1) is 12.3. The maximum Gasteiger partial charge on any atom is 0.249 e. The molecule has 1 aromatic rings. The number of aliphatic hydroxyl groups excluding tert-OH is 1. The molecule has 3 heterocycles. The van der Waals surface area contributed by atoms with E-state index in [1.807, 2.05) is 32.0 Å². The van der Waals surface area contributed by atoms with Crippen LogP contribution in [0.25, 0.3) is 0 Å². The molecule has 7 nitrogen and oxygen atoms in total. The van der Waals surface area contributed by atoms with E-state index in [2.05, 4.69) is 10.2 Å². The first kappa shape index (κ1) is 17.0. The number of aliphatic hydroxyl groups is 1. The number of carbonyl (C=O) groups is 3. The van der Waals surface area contributed by atoms with Crippen molar-refractivity contribution in [2.24, 2.45) is 5.92 Å². The number of imide groups is 1. The summed E-state index contributed by atoms with van der Waals surface area (Å²) in [7, 11) is 0. The number of benzene rings is 1. The third-order valence-corrected chi connectivity index (χ3v) is 5.77. The summed E-state index contributed by atoms with van der Waals surface area (Å²) in [5.74, 6) is -0.506. The van der Waals surface area contributed by atoms with E-state index in [0.717, 1.165) is 30.0 Å². The van der Waals surface area contributed by atoms with Crippen LogP contribution in [-0.2, 0) is 19.8 Å². The molecule has 0 bridgehead atoms. The predicted octanol–water partition coefficient (Wildman–Crippen LogP) is 0.544. The van der Waals surface area contributed by atoms with Crippen LogP contribution in [0.1, 0.15) is 32.3 Å². The lowest BCUT2D eigenvalue weighted by molar-refractivity contribution is -0.136. The Morgan fingerprint density at radius 1 is 1.23 bits per heavy atom. The van der Waals surface area contributed by atoms with Gasteiger partial charge in [0, 0.05) is 43.4 Å². The third-order valence-electron chi connectivity index (χ3n) is 5.77.